The fourth-order valence-electron chi connectivity index (χ4n) is 3.26. The lowest BCUT2D eigenvalue weighted by atomic mass is 10.1. The molecule has 6 heteroatoms. The molecule has 0 bridgehead atoms. The molecule has 0 radical (unpaired) electrons. The minimum atomic E-state index is -0.943. The first-order valence-corrected chi connectivity index (χ1v) is 8.05. The van der Waals surface area contributed by atoms with Crippen molar-refractivity contribution in [1.82, 2.24) is 4.90 Å². The molecule has 0 spiro atoms. The van der Waals surface area contributed by atoms with E-state index in [2.05, 4.69) is 0 Å². The zero-order valence-electron chi connectivity index (χ0n) is 12.7. The highest BCUT2D eigenvalue weighted by Gasteiger charge is 2.48. The first kappa shape index (κ1) is 14.4. The maximum Gasteiger partial charge on any atom is 0.323 e. The van der Waals surface area contributed by atoms with Crippen LogP contribution >= 0.6 is 0 Å². The number of amides is 1. The highest BCUT2D eigenvalue weighted by molar-refractivity contribution is 5.86. The summed E-state index contributed by atoms with van der Waals surface area (Å²) in [5.74, 6) is 0.577. The molecule has 6 nitrogen and oxygen atoms in total. The van der Waals surface area contributed by atoms with Crippen molar-refractivity contribution in [3.05, 3.63) is 23.8 Å². The third-order valence-corrected chi connectivity index (χ3v) is 4.68. The zero-order valence-corrected chi connectivity index (χ0v) is 12.7. The van der Waals surface area contributed by atoms with Crippen molar-refractivity contribution in [3.8, 4) is 11.5 Å². The van der Waals surface area contributed by atoms with Crippen LogP contribution in [-0.4, -0.2) is 47.7 Å². The summed E-state index contributed by atoms with van der Waals surface area (Å²) in [6.07, 6.45) is 2.61. The second-order valence-corrected chi connectivity index (χ2v) is 6.44. The van der Waals surface area contributed by atoms with Gasteiger partial charge in [0.2, 0.25) is 5.91 Å². The number of aliphatic carboxylic acids is 1. The third-order valence-electron chi connectivity index (χ3n) is 4.68. The Morgan fingerprint density at radius 1 is 1.17 bits per heavy atom. The number of hydrogen-bond acceptors (Lipinski definition) is 4. The SMILES string of the molecule is O=C(O)CN(C(=O)C1CC1c1ccc2c(c1)OCCO2)C1CC1. The van der Waals surface area contributed by atoms with Crippen molar-refractivity contribution < 1.29 is 24.2 Å². The van der Waals surface area contributed by atoms with Crippen molar-refractivity contribution >= 4 is 11.9 Å². The van der Waals surface area contributed by atoms with E-state index in [0.717, 1.165) is 36.3 Å². The van der Waals surface area contributed by atoms with Gasteiger partial charge in [-0.1, -0.05) is 6.07 Å². The molecule has 23 heavy (non-hydrogen) atoms. The van der Waals surface area contributed by atoms with Gasteiger partial charge < -0.3 is 19.5 Å². The number of carboxylic acid groups (broad SMARTS) is 1. The molecule has 2 atom stereocenters. The van der Waals surface area contributed by atoms with Gasteiger partial charge in [-0.3, -0.25) is 9.59 Å². The van der Waals surface area contributed by atoms with Gasteiger partial charge in [-0.05, 0) is 42.9 Å². The van der Waals surface area contributed by atoms with E-state index in [1.807, 2.05) is 18.2 Å². The van der Waals surface area contributed by atoms with Crippen molar-refractivity contribution in [1.29, 1.82) is 0 Å². The summed E-state index contributed by atoms with van der Waals surface area (Å²) in [5, 5.41) is 9.00. The van der Waals surface area contributed by atoms with E-state index in [1.165, 1.54) is 0 Å². The minimum absolute atomic E-state index is 0.0187. The molecule has 2 fully saturated rings. The van der Waals surface area contributed by atoms with Gasteiger partial charge in [-0.25, -0.2) is 0 Å². The number of hydrogen-bond donors (Lipinski definition) is 1. The molecule has 0 aromatic heterocycles. The molecule has 4 rings (SSSR count). The van der Waals surface area contributed by atoms with Crippen LogP contribution in [0.15, 0.2) is 18.2 Å². The van der Waals surface area contributed by atoms with E-state index in [9.17, 15) is 9.59 Å². The lowest BCUT2D eigenvalue weighted by Crippen LogP contribution is -2.38. The Labute approximate surface area is 134 Å². The number of fused-ring (bicyclic) bond motifs is 1. The molecular formula is C17H19NO5. The molecule has 1 aliphatic heterocycles. The van der Waals surface area contributed by atoms with Crippen LogP contribution in [0.1, 0.15) is 30.7 Å². The number of carboxylic acids is 1. The summed E-state index contributed by atoms with van der Waals surface area (Å²) in [5.41, 5.74) is 1.07. The average Bonchev–Trinajstić information content (AvgIpc) is 3.44. The normalized spacial score (nSPS) is 24.9. The maximum atomic E-state index is 12.6. The van der Waals surface area contributed by atoms with Crippen molar-refractivity contribution in [3.63, 3.8) is 0 Å². The van der Waals surface area contributed by atoms with E-state index in [4.69, 9.17) is 14.6 Å². The summed E-state index contributed by atoms with van der Waals surface area (Å²) < 4.78 is 11.1. The second-order valence-electron chi connectivity index (χ2n) is 6.44. The molecule has 1 heterocycles. The molecule has 0 saturated heterocycles. The lowest BCUT2D eigenvalue weighted by molar-refractivity contribution is -0.145. The topological polar surface area (TPSA) is 76.1 Å². The van der Waals surface area contributed by atoms with Gasteiger partial charge in [0.05, 0.1) is 0 Å². The van der Waals surface area contributed by atoms with Gasteiger partial charge in [0.15, 0.2) is 11.5 Å². The first-order chi connectivity index (χ1) is 11.1. The van der Waals surface area contributed by atoms with Crippen molar-refractivity contribution in [2.45, 2.75) is 31.2 Å². The summed E-state index contributed by atoms with van der Waals surface area (Å²) >= 11 is 0. The molecule has 2 unspecified atom stereocenters. The molecule has 1 aromatic rings. The average molecular weight is 317 g/mol. The number of carbonyl (C=O) groups is 2. The van der Waals surface area contributed by atoms with Crippen LogP contribution in [0.2, 0.25) is 0 Å². The Morgan fingerprint density at radius 3 is 2.61 bits per heavy atom. The highest BCUT2D eigenvalue weighted by Crippen LogP contribution is 2.51. The summed E-state index contributed by atoms with van der Waals surface area (Å²) in [6, 6.07) is 5.94. The standard InChI is InChI=1S/C17H19NO5/c19-16(20)9-18(11-2-3-11)17(21)13-8-12(13)10-1-4-14-15(7-10)23-6-5-22-14/h1,4,7,11-13H,2-3,5-6,8-9H2,(H,19,20). The molecule has 1 amide bonds. The maximum absolute atomic E-state index is 12.6. The Morgan fingerprint density at radius 2 is 1.91 bits per heavy atom. The summed E-state index contributed by atoms with van der Waals surface area (Å²) in [7, 11) is 0. The summed E-state index contributed by atoms with van der Waals surface area (Å²) in [4.78, 5) is 25.1. The van der Waals surface area contributed by atoms with Crippen LogP contribution in [0.5, 0.6) is 11.5 Å². The highest BCUT2D eigenvalue weighted by atomic mass is 16.6. The Balaban J connectivity index is 1.46. The molecule has 3 aliphatic rings. The van der Waals surface area contributed by atoms with E-state index in [-0.39, 0.29) is 30.3 Å². The van der Waals surface area contributed by atoms with Gasteiger partial charge in [0.1, 0.15) is 19.8 Å². The van der Waals surface area contributed by atoms with Gasteiger partial charge in [-0.15, -0.1) is 0 Å². The summed E-state index contributed by atoms with van der Waals surface area (Å²) in [6.45, 7) is 0.911. The number of carbonyl (C=O) groups excluding carboxylic acids is 1. The van der Waals surface area contributed by atoms with Gasteiger partial charge in [-0.2, -0.15) is 0 Å². The number of ether oxygens (including phenoxy) is 2. The fraction of sp³-hybridized carbons (Fsp3) is 0.529. The number of benzene rings is 1. The third kappa shape index (κ3) is 2.85. The number of rotatable bonds is 5. The van der Waals surface area contributed by atoms with Crippen LogP contribution in [0.3, 0.4) is 0 Å². The Kier molecular flexibility index (Phi) is 3.39. The second kappa shape index (κ2) is 5.44. The van der Waals surface area contributed by atoms with Crippen LogP contribution in [-0.2, 0) is 9.59 Å². The molecular weight excluding hydrogens is 298 g/mol. The quantitative estimate of drug-likeness (QED) is 0.893. The van der Waals surface area contributed by atoms with Crippen LogP contribution in [0, 0.1) is 5.92 Å². The molecule has 122 valence electrons. The zero-order chi connectivity index (χ0) is 16.0. The lowest BCUT2D eigenvalue weighted by Gasteiger charge is -2.21. The minimum Gasteiger partial charge on any atom is -0.486 e. The van der Waals surface area contributed by atoms with Gasteiger partial charge in [0.25, 0.3) is 0 Å². The molecule has 2 aliphatic carbocycles. The Bertz CT molecular complexity index is 654. The van der Waals surface area contributed by atoms with E-state index in [1.54, 1.807) is 4.90 Å². The monoisotopic (exact) mass is 317 g/mol. The number of nitrogens with zero attached hydrogens (tertiary/aromatic N) is 1. The largest absolute Gasteiger partial charge is 0.486 e. The van der Waals surface area contributed by atoms with Crippen molar-refractivity contribution in [2.75, 3.05) is 19.8 Å². The van der Waals surface area contributed by atoms with Crippen LogP contribution in [0.25, 0.3) is 0 Å². The molecule has 1 N–H and O–H groups in total. The predicted molar refractivity (Wildman–Crippen MR) is 80.7 cm³/mol. The first-order valence-electron chi connectivity index (χ1n) is 8.05. The Hall–Kier alpha value is -2.24. The smallest absolute Gasteiger partial charge is 0.323 e. The molecule has 2 saturated carbocycles. The fourth-order valence-corrected chi connectivity index (χ4v) is 3.26. The van der Waals surface area contributed by atoms with Crippen LogP contribution in [0.4, 0.5) is 0 Å². The van der Waals surface area contributed by atoms with Crippen molar-refractivity contribution in [2.24, 2.45) is 5.92 Å². The van der Waals surface area contributed by atoms with Gasteiger partial charge >= 0.3 is 5.97 Å². The van der Waals surface area contributed by atoms with E-state index in [0.29, 0.717) is 13.2 Å². The van der Waals surface area contributed by atoms with Gasteiger partial charge in [0, 0.05) is 12.0 Å². The van der Waals surface area contributed by atoms with Crippen LogP contribution < -0.4 is 9.47 Å². The molecule has 1 aromatic carbocycles. The predicted octanol–water partition coefficient (Wildman–Crippen LogP) is 1.64. The van der Waals surface area contributed by atoms with E-state index >= 15 is 0 Å². The van der Waals surface area contributed by atoms with E-state index < -0.39 is 5.97 Å².